The van der Waals surface area contributed by atoms with Gasteiger partial charge in [-0.3, -0.25) is 4.79 Å². The van der Waals surface area contributed by atoms with Crippen LogP contribution in [0.5, 0.6) is 0 Å². The first-order chi connectivity index (χ1) is 10.1. The summed E-state index contributed by atoms with van der Waals surface area (Å²) < 4.78 is 9.64. The number of hydrogen-bond donors (Lipinski definition) is 0. The zero-order chi connectivity index (χ0) is 15.3. The quantitative estimate of drug-likeness (QED) is 0.570. The van der Waals surface area contributed by atoms with Crippen molar-refractivity contribution in [3.63, 3.8) is 0 Å². The van der Waals surface area contributed by atoms with Crippen LogP contribution in [0.3, 0.4) is 0 Å². The van der Waals surface area contributed by atoms with Crippen molar-refractivity contribution >= 4 is 23.7 Å². The molecule has 1 aliphatic rings. The molecule has 0 radical (unpaired) electrons. The summed E-state index contributed by atoms with van der Waals surface area (Å²) >= 11 is 1.61. The molecule has 0 atom stereocenters. The Kier molecular flexibility index (Phi) is 5.22. The maximum absolute atomic E-state index is 11.5. The second kappa shape index (κ2) is 6.93. The molecule has 1 saturated carbocycles. The van der Waals surface area contributed by atoms with Crippen molar-refractivity contribution in [2.24, 2.45) is 5.41 Å². The summed E-state index contributed by atoms with van der Waals surface area (Å²) in [7, 11) is 1.42. The minimum Gasteiger partial charge on any atom is -0.469 e. The fourth-order valence-corrected chi connectivity index (χ4v) is 3.09. The van der Waals surface area contributed by atoms with Crippen LogP contribution < -0.4 is 0 Å². The number of methoxy groups -OCH3 is 1. The van der Waals surface area contributed by atoms with Gasteiger partial charge in [0.1, 0.15) is 0 Å². The Morgan fingerprint density at radius 1 is 1.38 bits per heavy atom. The summed E-state index contributed by atoms with van der Waals surface area (Å²) in [4.78, 5) is 27.1. The predicted molar refractivity (Wildman–Crippen MR) is 79.2 cm³/mol. The van der Waals surface area contributed by atoms with Gasteiger partial charge in [-0.1, -0.05) is 0 Å². The predicted octanol–water partition coefficient (Wildman–Crippen LogP) is 2.69. The molecule has 1 aliphatic carbocycles. The molecule has 5 nitrogen and oxygen atoms in total. The van der Waals surface area contributed by atoms with Gasteiger partial charge in [-0.25, -0.2) is 9.78 Å². The van der Waals surface area contributed by atoms with Crippen LogP contribution in [0.25, 0.3) is 0 Å². The standard InChI is InChI=1S/C15H19NO4S/c1-3-20-14(18)11-4-5-12(16-9-11)21-10-15(6-7-15)8-13(17)19-2/h4-5,9H,3,6-8,10H2,1-2H3. The summed E-state index contributed by atoms with van der Waals surface area (Å²) in [6.07, 6.45) is 4.10. The smallest absolute Gasteiger partial charge is 0.339 e. The lowest BCUT2D eigenvalue weighted by Gasteiger charge is -2.12. The summed E-state index contributed by atoms with van der Waals surface area (Å²) in [5.41, 5.74) is 0.524. The zero-order valence-electron chi connectivity index (χ0n) is 12.3. The molecular formula is C15H19NO4S. The van der Waals surface area contributed by atoms with Crippen LogP contribution in [-0.4, -0.2) is 36.4 Å². The highest BCUT2D eigenvalue weighted by Crippen LogP contribution is 2.51. The molecule has 114 valence electrons. The average molecular weight is 309 g/mol. The van der Waals surface area contributed by atoms with Gasteiger partial charge in [0.15, 0.2) is 0 Å². The van der Waals surface area contributed by atoms with E-state index < -0.39 is 0 Å². The van der Waals surface area contributed by atoms with Crippen LogP contribution in [0.4, 0.5) is 0 Å². The monoisotopic (exact) mass is 309 g/mol. The van der Waals surface area contributed by atoms with E-state index in [1.54, 1.807) is 24.8 Å². The normalized spacial score (nSPS) is 15.3. The number of carbonyl (C=O) groups is 2. The molecule has 2 rings (SSSR count). The van der Waals surface area contributed by atoms with Gasteiger partial charge in [0, 0.05) is 11.9 Å². The Hall–Kier alpha value is -1.56. The Morgan fingerprint density at radius 3 is 2.67 bits per heavy atom. The minimum atomic E-state index is -0.356. The van der Waals surface area contributed by atoms with E-state index in [9.17, 15) is 9.59 Å². The lowest BCUT2D eigenvalue weighted by molar-refractivity contribution is -0.141. The van der Waals surface area contributed by atoms with E-state index in [2.05, 4.69) is 4.98 Å². The van der Waals surface area contributed by atoms with E-state index in [0.717, 1.165) is 23.6 Å². The average Bonchev–Trinajstić information content (AvgIpc) is 3.26. The van der Waals surface area contributed by atoms with Crippen LogP contribution in [0.1, 0.15) is 36.5 Å². The van der Waals surface area contributed by atoms with Crippen molar-refractivity contribution in [3.05, 3.63) is 23.9 Å². The van der Waals surface area contributed by atoms with Crippen molar-refractivity contribution in [2.75, 3.05) is 19.5 Å². The SMILES string of the molecule is CCOC(=O)c1ccc(SCC2(CC(=O)OC)CC2)nc1. The fraction of sp³-hybridized carbons (Fsp3) is 0.533. The minimum absolute atomic E-state index is 0.0687. The van der Waals surface area contributed by atoms with Crippen LogP contribution >= 0.6 is 11.8 Å². The highest BCUT2D eigenvalue weighted by molar-refractivity contribution is 7.99. The Morgan fingerprint density at radius 2 is 2.14 bits per heavy atom. The molecule has 0 saturated heterocycles. The third kappa shape index (κ3) is 4.46. The fourth-order valence-electron chi connectivity index (χ4n) is 1.96. The Bertz CT molecular complexity index is 511. The van der Waals surface area contributed by atoms with Gasteiger partial charge in [-0.05, 0) is 37.3 Å². The molecule has 1 aromatic heterocycles. The number of thioether (sulfide) groups is 1. The molecule has 21 heavy (non-hydrogen) atoms. The summed E-state index contributed by atoms with van der Waals surface area (Å²) in [5, 5.41) is 0.846. The van der Waals surface area contributed by atoms with E-state index in [0.29, 0.717) is 18.6 Å². The van der Waals surface area contributed by atoms with Crippen molar-refractivity contribution in [3.8, 4) is 0 Å². The number of carbonyl (C=O) groups excluding carboxylic acids is 2. The van der Waals surface area contributed by atoms with Crippen molar-refractivity contribution < 1.29 is 19.1 Å². The second-order valence-electron chi connectivity index (χ2n) is 5.15. The topological polar surface area (TPSA) is 65.5 Å². The van der Waals surface area contributed by atoms with Gasteiger partial charge in [-0.2, -0.15) is 0 Å². The van der Waals surface area contributed by atoms with E-state index in [1.807, 2.05) is 6.07 Å². The number of rotatable bonds is 7. The molecule has 0 unspecified atom stereocenters. The molecule has 0 amide bonds. The molecule has 1 aromatic rings. The number of ether oxygens (including phenoxy) is 2. The first-order valence-corrected chi connectivity index (χ1v) is 7.90. The van der Waals surface area contributed by atoms with Gasteiger partial charge in [-0.15, -0.1) is 11.8 Å². The zero-order valence-corrected chi connectivity index (χ0v) is 13.1. The lowest BCUT2D eigenvalue weighted by Crippen LogP contribution is -2.13. The van der Waals surface area contributed by atoms with Gasteiger partial charge in [0.05, 0.1) is 30.7 Å². The molecule has 0 bridgehead atoms. The Balaban J connectivity index is 1.86. The van der Waals surface area contributed by atoms with Gasteiger partial charge < -0.3 is 9.47 Å². The molecule has 6 heteroatoms. The van der Waals surface area contributed by atoms with Crippen LogP contribution in [-0.2, 0) is 14.3 Å². The number of aromatic nitrogens is 1. The third-order valence-corrected chi connectivity index (χ3v) is 4.77. The highest BCUT2D eigenvalue weighted by Gasteiger charge is 2.44. The molecule has 0 aliphatic heterocycles. The van der Waals surface area contributed by atoms with E-state index in [-0.39, 0.29) is 17.4 Å². The molecule has 0 N–H and O–H groups in total. The van der Waals surface area contributed by atoms with Crippen LogP contribution in [0, 0.1) is 5.41 Å². The summed E-state index contributed by atoms with van der Waals surface area (Å²) in [6.45, 7) is 2.12. The van der Waals surface area contributed by atoms with E-state index >= 15 is 0 Å². The number of pyridine rings is 1. The lowest BCUT2D eigenvalue weighted by atomic mass is 10.1. The number of hydrogen-bond acceptors (Lipinski definition) is 6. The van der Waals surface area contributed by atoms with Crippen molar-refractivity contribution in [1.29, 1.82) is 0 Å². The third-order valence-electron chi connectivity index (χ3n) is 3.48. The van der Waals surface area contributed by atoms with Crippen LogP contribution in [0.15, 0.2) is 23.4 Å². The second-order valence-corrected chi connectivity index (χ2v) is 6.14. The van der Waals surface area contributed by atoms with Gasteiger partial charge in [0.2, 0.25) is 0 Å². The first-order valence-electron chi connectivity index (χ1n) is 6.91. The maximum atomic E-state index is 11.5. The van der Waals surface area contributed by atoms with Gasteiger partial charge in [0.25, 0.3) is 0 Å². The van der Waals surface area contributed by atoms with E-state index in [1.165, 1.54) is 13.3 Å². The van der Waals surface area contributed by atoms with Crippen LogP contribution in [0.2, 0.25) is 0 Å². The van der Waals surface area contributed by atoms with Crippen molar-refractivity contribution in [2.45, 2.75) is 31.2 Å². The first kappa shape index (κ1) is 15.8. The Labute approximate surface area is 128 Å². The van der Waals surface area contributed by atoms with Gasteiger partial charge >= 0.3 is 11.9 Å². The van der Waals surface area contributed by atoms with Crippen molar-refractivity contribution in [1.82, 2.24) is 4.98 Å². The molecule has 0 spiro atoms. The maximum Gasteiger partial charge on any atom is 0.339 e. The molecular weight excluding hydrogens is 290 g/mol. The highest BCUT2D eigenvalue weighted by atomic mass is 32.2. The molecule has 1 heterocycles. The number of nitrogens with zero attached hydrogens (tertiary/aromatic N) is 1. The molecule has 0 aromatic carbocycles. The molecule has 1 fully saturated rings. The largest absolute Gasteiger partial charge is 0.469 e. The van der Waals surface area contributed by atoms with E-state index in [4.69, 9.17) is 9.47 Å². The summed E-state index contributed by atoms with van der Waals surface area (Å²) in [5.74, 6) is 0.332. The number of esters is 2. The summed E-state index contributed by atoms with van der Waals surface area (Å²) in [6, 6.07) is 3.53.